The molecule has 106 valence electrons. The van der Waals surface area contributed by atoms with Gasteiger partial charge in [0.15, 0.2) is 0 Å². The monoisotopic (exact) mass is 280 g/mol. The Morgan fingerprint density at radius 1 is 1.10 bits per heavy atom. The Bertz CT molecular complexity index is 570. The fourth-order valence-corrected chi connectivity index (χ4v) is 2.04. The van der Waals surface area contributed by atoms with Crippen LogP contribution in [0.2, 0.25) is 0 Å². The summed E-state index contributed by atoms with van der Waals surface area (Å²) in [5, 5.41) is 3.14. The second-order valence-electron chi connectivity index (χ2n) is 4.45. The lowest BCUT2D eigenvalue weighted by Crippen LogP contribution is -2.24. The van der Waals surface area contributed by atoms with E-state index in [9.17, 15) is 13.2 Å². The molecule has 0 saturated carbocycles. The van der Waals surface area contributed by atoms with Crippen molar-refractivity contribution in [3.05, 3.63) is 65.2 Å². The molecule has 1 unspecified atom stereocenters. The van der Waals surface area contributed by atoms with Crippen LogP contribution in [0, 0.1) is 17.5 Å². The zero-order valence-corrected chi connectivity index (χ0v) is 11.0. The average molecular weight is 280 g/mol. The molecule has 0 spiro atoms. The Kier molecular flexibility index (Phi) is 4.74. The van der Waals surface area contributed by atoms with Crippen LogP contribution in [-0.4, -0.2) is 11.5 Å². The van der Waals surface area contributed by atoms with Crippen LogP contribution in [0.15, 0.2) is 36.5 Å². The van der Waals surface area contributed by atoms with Gasteiger partial charge in [-0.1, -0.05) is 6.92 Å². The van der Waals surface area contributed by atoms with E-state index < -0.39 is 17.5 Å². The van der Waals surface area contributed by atoms with Crippen LogP contribution in [0.1, 0.15) is 24.2 Å². The number of rotatable bonds is 5. The minimum Gasteiger partial charge on any atom is -0.309 e. The Labute approximate surface area is 115 Å². The molecule has 2 nitrogen and oxygen atoms in total. The number of nitrogens with zero attached hydrogens (tertiary/aromatic N) is 1. The number of likely N-dealkylation sites (N-methyl/N-ethyl adjacent to an activating group) is 1. The maximum absolute atomic E-state index is 13.7. The van der Waals surface area contributed by atoms with E-state index >= 15 is 0 Å². The fourth-order valence-electron chi connectivity index (χ4n) is 2.04. The summed E-state index contributed by atoms with van der Waals surface area (Å²) in [5.74, 6) is -1.37. The minimum atomic E-state index is -0.483. The normalized spacial score (nSPS) is 12.4. The summed E-state index contributed by atoms with van der Waals surface area (Å²) in [6.45, 7) is 2.54. The average Bonchev–Trinajstić information content (AvgIpc) is 2.43. The summed E-state index contributed by atoms with van der Waals surface area (Å²) in [6.07, 6.45) is 1.36. The third-order valence-electron chi connectivity index (χ3n) is 2.99. The van der Waals surface area contributed by atoms with Crippen LogP contribution in [0.4, 0.5) is 13.2 Å². The Morgan fingerprint density at radius 3 is 2.50 bits per heavy atom. The number of aromatic nitrogens is 1. The molecule has 2 rings (SSSR count). The molecule has 1 aromatic carbocycles. The van der Waals surface area contributed by atoms with Crippen LogP contribution in [0.3, 0.4) is 0 Å². The van der Waals surface area contributed by atoms with Gasteiger partial charge in [-0.15, -0.1) is 0 Å². The second-order valence-corrected chi connectivity index (χ2v) is 4.45. The quantitative estimate of drug-likeness (QED) is 0.908. The maximum atomic E-state index is 13.7. The van der Waals surface area contributed by atoms with E-state index in [2.05, 4.69) is 10.3 Å². The molecule has 1 atom stereocenters. The first-order valence-corrected chi connectivity index (χ1v) is 6.39. The lowest BCUT2D eigenvalue weighted by molar-refractivity contribution is 0.510. The van der Waals surface area contributed by atoms with Crippen molar-refractivity contribution in [3.8, 4) is 0 Å². The number of hydrogen-bond donors (Lipinski definition) is 1. The molecule has 1 heterocycles. The van der Waals surface area contributed by atoms with Crippen molar-refractivity contribution in [1.29, 1.82) is 0 Å². The molecule has 0 amide bonds. The Balaban J connectivity index is 2.25. The topological polar surface area (TPSA) is 24.9 Å². The van der Waals surface area contributed by atoms with E-state index in [0.717, 1.165) is 18.3 Å². The highest BCUT2D eigenvalue weighted by Crippen LogP contribution is 2.19. The first-order valence-electron chi connectivity index (χ1n) is 6.39. The standard InChI is InChI=1S/C15H15F3N2/c1-2-19-15(14-6-4-12(17)9-20-14)8-10-7-11(16)3-5-13(10)18/h3-7,9,15,19H,2,8H2,1H3. The molecule has 1 aromatic heterocycles. The van der Waals surface area contributed by atoms with Crippen LogP contribution < -0.4 is 5.32 Å². The van der Waals surface area contributed by atoms with Crippen LogP contribution in [0.5, 0.6) is 0 Å². The summed E-state index contributed by atoms with van der Waals surface area (Å²) < 4.78 is 39.7. The highest BCUT2D eigenvalue weighted by Gasteiger charge is 2.15. The summed E-state index contributed by atoms with van der Waals surface area (Å²) in [5.41, 5.74) is 0.860. The number of benzene rings is 1. The van der Waals surface area contributed by atoms with Gasteiger partial charge in [0.2, 0.25) is 0 Å². The zero-order valence-electron chi connectivity index (χ0n) is 11.0. The van der Waals surface area contributed by atoms with Gasteiger partial charge in [-0.3, -0.25) is 4.98 Å². The van der Waals surface area contributed by atoms with Crippen LogP contribution in [0.25, 0.3) is 0 Å². The summed E-state index contributed by atoms with van der Waals surface area (Å²) in [6, 6.07) is 5.90. The summed E-state index contributed by atoms with van der Waals surface area (Å²) in [4.78, 5) is 3.99. The molecule has 0 aliphatic heterocycles. The van der Waals surface area contributed by atoms with Crippen LogP contribution >= 0.6 is 0 Å². The van der Waals surface area contributed by atoms with E-state index in [0.29, 0.717) is 12.2 Å². The SMILES string of the molecule is CCNC(Cc1cc(F)ccc1F)c1ccc(F)cn1. The maximum Gasteiger partial charge on any atom is 0.141 e. The highest BCUT2D eigenvalue weighted by molar-refractivity contribution is 5.22. The molecule has 0 bridgehead atoms. The van der Waals surface area contributed by atoms with Crippen LogP contribution in [-0.2, 0) is 6.42 Å². The second kappa shape index (κ2) is 6.52. The highest BCUT2D eigenvalue weighted by atomic mass is 19.1. The molecule has 2 aromatic rings. The largest absolute Gasteiger partial charge is 0.309 e. The third-order valence-corrected chi connectivity index (χ3v) is 2.99. The molecule has 20 heavy (non-hydrogen) atoms. The van der Waals surface area contributed by atoms with Crippen molar-refractivity contribution >= 4 is 0 Å². The van der Waals surface area contributed by atoms with Crippen molar-refractivity contribution < 1.29 is 13.2 Å². The number of nitrogens with one attached hydrogen (secondary N) is 1. The predicted octanol–water partition coefficient (Wildman–Crippen LogP) is 3.39. The number of hydrogen-bond acceptors (Lipinski definition) is 2. The number of pyridine rings is 1. The Morgan fingerprint density at radius 2 is 1.85 bits per heavy atom. The molecular formula is C15H15F3N2. The summed E-state index contributed by atoms with van der Waals surface area (Å²) in [7, 11) is 0. The van der Waals surface area contributed by atoms with E-state index in [1.165, 1.54) is 12.1 Å². The zero-order chi connectivity index (χ0) is 14.5. The smallest absolute Gasteiger partial charge is 0.141 e. The van der Waals surface area contributed by atoms with Gasteiger partial charge in [0.05, 0.1) is 17.9 Å². The first-order chi connectivity index (χ1) is 9.60. The van der Waals surface area contributed by atoms with Gasteiger partial charge in [0.25, 0.3) is 0 Å². The molecule has 0 radical (unpaired) electrons. The van der Waals surface area contributed by atoms with E-state index in [4.69, 9.17) is 0 Å². The molecule has 0 aliphatic carbocycles. The molecule has 5 heteroatoms. The molecule has 0 saturated heterocycles. The third kappa shape index (κ3) is 3.57. The Hall–Kier alpha value is -1.88. The molecule has 0 fully saturated rings. The fraction of sp³-hybridized carbons (Fsp3) is 0.267. The summed E-state index contributed by atoms with van der Waals surface area (Å²) >= 11 is 0. The molecule has 1 N–H and O–H groups in total. The van der Waals surface area contributed by atoms with Crippen molar-refractivity contribution in [2.24, 2.45) is 0 Å². The van der Waals surface area contributed by atoms with Gasteiger partial charge in [0.1, 0.15) is 17.5 Å². The van der Waals surface area contributed by atoms with Crippen molar-refractivity contribution in [2.45, 2.75) is 19.4 Å². The lowest BCUT2D eigenvalue weighted by Gasteiger charge is -2.18. The van der Waals surface area contributed by atoms with Gasteiger partial charge in [-0.25, -0.2) is 13.2 Å². The van der Waals surface area contributed by atoms with Gasteiger partial charge < -0.3 is 5.32 Å². The predicted molar refractivity (Wildman–Crippen MR) is 70.7 cm³/mol. The van der Waals surface area contributed by atoms with Gasteiger partial charge in [0, 0.05) is 0 Å². The van der Waals surface area contributed by atoms with Gasteiger partial charge in [-0.05, 0) is 48.9 Å². The molecular weight excluding hydrogens is 265 g/mol. The van der Waals surface area contributed by atoms with Crippen molar-refractivity contribution in [1.82, 2.24) is 10.3 Å². The van der Waals surface area contributed by atoms with Gasteiger partial charge >= 0.3 is 0 Å². The van der Waals surface area contributed by atoms with Gasteiger partial charge in [-0.2, -0.15) is 0 Å². The lowest BCUT2D eigenvalue weighted by atomic mass is 10.0. The van der Waals surface area contributed by atoms with Crippen molar-refractivity contribution in [3.63, 3.8) is 0 Å². The first kappa shape index (κ1) is 14.5. The van der Waals surface area contributed by atoms with E-state index in [1.807, 2.05) is 6.92 Å². The molecule has 0 aliphatic rings. The van der Waals surface area contributed by atoms with Crippen molar-refractivity contribution in [2.75, 3.05) is 6.54 Å². The van der Waals surface area contributed by atoms with E-state index in [1.54, 1.807) is 6.07 Å². The minimum absolute atomic E-state index is 0.246. The number of halogens is 3. The van der Waals surface area contributed by atoms with E-state index in [-0.39, 0.29) is 18.0 Å².